The molecule has 0 aromatic heterocycles. The molecule has 2 saturated carbocycles. The summed E-state index contributed by atoms with van der Waals surface area (Å²) in [6.45, 7) is 0. The van der Waals surface area contributed by atoms with Crippen LogP contribution in [0.4, 0.5) is 5.69 Å². The van der Waals surface area contributed by atoms with E-state index in [2.05, 4.69) is 0 Å². The molecule has 2 N–H and O–H groups in total. The molecule has 1 aromatic rings. The number of carbonyl (C=O) groups is 2. The monoisotopic (exact) mass is 303 g/mol. The maximum atomic E-state index is 12.7. The Bertz CT molecular complexity index is 610. The number of methoxy groups -OCH3 is 1. The first-order valence-electron chi connectivity index (χ1n) is 7.42. The molecule has 1 heterocycles. The number of aliphatic hydroxyl groups excluding tert-OH is 2. The molecular weight excluding hydrogens is 286 g/mol. The number of hydrogen-bond acceptors (Lipinski definition) is 5. The number of imide groups is 1. The van der Waals surface area contributed by atoms with Gasteiger partial charge in [-0.3, -0.25) is 14.5 Å². The van der Waals surface area contributed by atoms with Crippen molar-refractivity contribution in [2.75, 3.05) is 12.0 Å². The van der Waals surface area contributed by atoms with Crippen LogP contribution >= 0.6 is 0 Å². The van der Waals surface area contributed by atoms with Gasteiger partial charge in [-0.15, -0.1) is 0 Å². The van der Waals surface area contributed by atoms with Gasteiger partial charge < -0.3 is 14.9 Å². The number of rotatable bonds is 2. The lowest BCUT2D eigenvalue weighted by molar-refractivity contribution is -0.129. The molecule has 0 spiro atoms. The molecule has 22 heavy (non-hydrogen) atoms. The fraction of sp³-hybridized carbons (Fsp3) is 0.500. The molecule has 3 fully saturated rings. The predicted molar refractivity (Wildman–Crippen MR) is 76.1 cm³/mol. The minimum absolute atomic E-state index is 0.265. The lowest BCUT2D eigenvalue weighted by atomic mass is 9.78. The van der Waals surface area contributed by atoms with E-state index in [0.717, 1.165) is 0 Å². The Morgan fingerprint density at radius 3 is 1.95 bits per heavy atom. The number of ether oxygens (including phenoxy) is 1. The molecule has 6 heteroatoms. The maximum Gasteiger partial charge on any atom is 0.238 e. The number of hydrogen-bond donors (Lipinski definition) is 2. The van der Waals surface area contributed by atoms with E-state index in [0.29, 0.717) is 17.9 Å². The van der Waals surface area contributed by atoms with Crippen LogP contribution in [0.1, 0.15) is 6.42 Å². The highest BCUT2D eigenvalue weighted by molar-refractivity contribution is 6.22. The molecule has 0 unspecified atom stereocenters. The van der Waals surface area contributed by atoms with E-state index in [1.165, 1.54) is 4.90 Å². The van der Waals surface area contributed by atoms with Crippen molar-refractivity contribution in [3.05, 3.63) is 24.3 Å². The summed E-state index contributed by atoms with van der Waals surface area (Å²) in [5.41, 5.74) is 0.508. The first kappa shape index (κ1) is 13.7. The topological polar surface area (TPSA) is 87.1 Å². The van der Waals surface area contributed by atoms with Crippen molar-refractivity contribution in [2.24, 2.45) is 23.7 Å². The van der Waals surface area contributed by atoms with E-state index >= 15 is 0 Å². The summed E-state index contributed by atoms with van der Waals surface area (Å²) in [6.07, 6.45) is -1.26. The van der Waals surface area contributed by atoms with E-state index in [1.54, 1.807) is 31.4 Å². The summed E-state index contributed by atoms with van der Waals surface area (Å²) in [5, 5.41) is 20.0. The van der Waals surface area contributed by atoms with Gasteiger partial charge in [0, 0.05) is 11.8 Å². The normalized spacial score (nSPS) is 39.5. The third kappa shape index (κ3) is 1.56. The number of fused-ring (bicyclic) bond motifs is 5. The van der Waals surface area contributed by atoms with E-state index < -0.39 is 24.0 Å². The molecule has 2 aliphatic carbocycles. The van der Waals surface area contributed by atoms with Crippen LogP contribution in [0.2, 0.25) is 0 Å². The summed E-state index contributed by atoms with van der Waals surface area (Å²) in [7, 11) is 1.55. The highest BCUT2D eigenvalue weighted by atomic mass is 16.5. The Hall–Kier alpha value is -1.92. The summed E-state index contributed by atoms with van der Waals surface area (Å²) < 4.78 is 5.08. The van der Waals surface area contributed by atoms with Crippen LogP contribution < -0.4 is 9.64 Å². The van der Waals surface area contributed by atoms with Crippen molar-refractivity contribution in [3.63, 3.8) is 0 Å². The third-order valence-electron chi connectivity index (χ3n) is 5.42. The second kappa shape index (κ2) is 4.54. The minimum Gasteiger partial charge on any atom is -0.497 e. The molecule has 1 aromatic carbocycles. The van der Waals surface area contributed by atoms with Gasteiger partial charge in [0.1, 0.15) is 5.75 Å². The lowest BCUT2D eigenvalue weighted by Crippen LogP contribution is -2.43. The fourth-order valence-corrected chi connectivity index (χ4v) is 4.42. The second-order valence-electron chi connectivity index (χ2n) is 6.31. The SMILES string of the molecule is COc1ccc(N2C(=O)[C@@H]3[C@H]4C[C@H]([C@H](O)[C@H]4O)[C@@H]3C2=O)cc1. The maximum absolute atomic E-state index is 12.7. The largest absolute Gasteiger partial charge is 0.497 e. The van der Waals surface area contributed by atoms with E-state index in [-0.39, 0.29) is 23.7 Å². The zero-order valence-corrected chi connectivity index (χ0v) is 12.0. The fourth-order valence-electron chi connectivity index (χ4n) is 4.42. The van der Waals surface area contributed by atoms with Crippen LogP contribution in [-0.4, -0.2) is 41.3 Å². The number of benzene rings is 1. The zero-order valence-electron chi connectivity index (χ0n) is 12.0. The number of amides is 2. The van der Waals surface area contributed by atoms with Gasteiger partial charge in [-0.1, -0.05) is 0 Å². The Morgan fingerprint density at radius 2 is 1.50 bits per heavy atom. The lowest BCUT2D eigenvalue weighted by Gasteiger charge is -2.29. The standard InChI is InChI=1S/C16H17NO5/c1-22-8-4-2-7(3-5-8)17-15(20)11-9-6-10(12(11)16(17)21)14(19)13(9)18/h2-5,9-14,18-19H,6H2,1H3/t9-,10+,11-,12+,13-,14-/m0/s1. The van der Waals surface area contributed by atoms with Crippen LogP contribution in [0, 0.1) is 23.7 Å². The summed E-state index contributed by atoms with van der Waals surface area (Å²) in [4.78, 5) is 26.5. The van der Waals surface area contributed by atoms with Crippen LogP contribution in [0.25, 0.3) is 0 Å². The molecule has 2 bridgehead atoms. The van der Waals surface area contributed by atoms with Crippen LogP contribution in [0.3, 0.4) is 0 Å². The highest BCUT2D eigenvalue weighted by Crippen LogP contribution is 2.56. The van der Waals surface area contributed by atoms with E-state index in [9.17, 15) is 19.8 Å². The van der Waals surface area contributed by atoms with Gasteiger partial charge in [-0.2, -0.15) is 0 Å². The van der Waals surface area contributed by atoms with Crippen LogP contribution in [0.5, 0.6) is 5.75 Å². The molecule has 6 nitrogen and oxygen atoms in total. The van der Waals surface area contributed by atoms with Gasteiger partial charge in [0.25, 0.3) is 0 Å². The molecular formula is C16H17NO5. The average molecular weight is 303 g/mol. The van der Waals surface area contributed by atoms with Crippen molar-refractivity contribution in [1.29, 1.82) is 0 Å². The van der Waals surface area contributed by atoms with Crippen molar-refractivity contribution in [2.45, 2.75) is 18.6 Å². The molecule has 116 valence electrons. The minimum atomic E-state index is -0.904. The zero-order chi connectivity index (χ0) is 15.6. The predicted octanol–water partition coefficient (Wildman–Crippen LogP) is 0.172. The number of carbonyl (C=O) groups excluding carboxylic acids is 2. The van der Waals surface area contributed by atoms with Crippen LogP contribution in [0.15, 0.2) is 24.3 Å². The first-order valence-corrected chi connectivity index (χ1v) is 7.42. The second-order valence-corrected chi connectivity index (χ2v) is 6.31. The first-order chi connectivity index (χ1) is 10.5. The third-order valence-corrected chi connectivity index (χ3v) is 5.42. The Morgan fingerprint density at radius 1 is 1.00 bits per heavy atom. The quantitative estimate of drug-likeness (QED) is 0.761. The van der Waals surface area contributed by atoms with Gasteiger partial charge >= 0.3 is 0 Å². The molecule has 2 amide bonds. The van der Waals surface area contributed by atoms with Gasteiger partial charge in [0.15, 0.2) is 0 Å². The van der Waals surface area contributed by atoms with Crippen molar-refractivity contribution >= 4 is 17.5 Å². The average Bonchev–Trinajstić information content (AvgIpc) is 3.13. The summed E-state index contributed by atoms with van der Waals surface area (Å²) >= 11 is 0. The molecule has 1 saturated heterocycles. The van der Waals surface area contributed by atoms with Crippen LogP contribution in [-0.2, 0) is 9.59 Å². The Kier molecular flexibility index (Phi) is 2.83. The van der Waals surface area contributed by atoms with E-state index in [4.69, 9.17) is 4.74 Å². The summed E-state index contributed by atoms with van der Waals surface area (Å²) in [6, 6.07) is 6.74. The Labute approximate surface area is 127 Å². The number of aliphatic hydroxyl groups is 2. The molecule has 4 rings (SSSR count). The van der Waals surface area contributed by atoms with Crippen molar-refractivity contribution < 1.29 is 24.5 Å². The van der Waals surface area contributed by atoms with Gasteiger partial charge in [0.05, 0.1) is 36.8 Å². The Balaban J connectivity index is 1.69. The van der Waals surface area contributed by atoms with E-state index in [1.807, 2.05) is 0 Å². The van der Waals surface area contributed by atoms with Crippen molar-refractivity contribution in [3.8, 4) is 5.75 Å². The van der Waals surface area contributed by atoms with Crippen molar-refractivity contribution in [1.82, 2.24) is 0 Å². The van der Waals surface area contributed by atoms with Gasteiger partial charge in [0.2, 0.25) is 11.8 Å². The molecule has 0 radical (unpaired) electrons. The number of anilines is 1. The number of nitrogens with zero attached hydrogens (tertiary/aromatic N) is 1. The van der Waals surface area contributed by atoms with Gasteiger partial charge in [-0.25, -0.2) is 0 Å². The molecule has 6 atom stereocenters. The summed E-state index contributed by atoms with van der Waals surface area (Å²) in [5.74, 6) is -1.52. The molecule has 1 aliphatic heterocycles. The molecule has 3 aliphatic rings. The smallest absolute Gasteiger partial charge is 0.238 e. The highest BCUT2D eigenvalue weighted by Gasteiger charge is 2.67. The van der Waals surface area contributed by atoms with Gasteiger partial charge in [-0.05, 0) is 30.7 Å².